The highest BCUT2D eigenvalue weighted by Gasteiger charge is 2.12. The van der Waals surface area contributed by atoms with Crippen LogP contribution in [-0.4, -0.2) is 18.7 Å². The highest BCUT2D eigenvalue weighted by atomic mass is 35.5. The molecule has 1 amide bonds. The van der Waals surface area contributed by atoms with E-state index in [0.29, 0.717) is 40.0 Å². The standard InChI is InChI=1S/C22H20ClFN2O4/c1-3-28-21-11-15(12-25-26-22(27)16-9-10-29-14(16)2)7-8-20(21)30-13-17-18(23)5-4-6-19(17)24/h4-12H,3,13H2,1-2H3,(H,26,27)/b25-12+. The molecule has 0 fully saturated rings. The molecule has 1 aromatic heterocycles. The summed E-state index contributed by atoms with van der Waals surface area (Å²) in [6.45, 7) is 3.90. The Hall–Kier alpha value is -3.32. The van der Waals surface area contributed by atoms with E-state index in [-0.39, 0.29) is 18.1 Å². The molecule has 0 aliphatic carbocycles. The van der Waals surface area contributed by atoms with Crippen molar-refractivity contribution < 1.29 is 23.1 Å². The maximum Gasteiger partial charge on any atom is 0.274 e. The van der Waals surface area contributed by atoms with E-state index in [2.05, 4.69) is 10.5 Å². The first kappa shape index (κ1) is 21.4. The number of nitrogens with zero attached hydrogens (tertiary/aromatic N) is 1. The van der Waals surface area contributed by atoms with Gasteiger partial charge in [0, 0.05) is 5.56 Å². The number of hydrogen-bond acceptors (Lipinski definition) is 5. The van der Waals surface area contributed by atoms with Gasteiger partial charge in [-0.2, -0.15) is 5.10 Å². The van der Waals surface area contributed by atoms with E-state index in [9.17, 15) is 9.18 Å². The first-order valence-corrected chi connectivity index (χ1v) is 9.57. The molecule has 156 valence electrons. The number of halogens is 2. The Morgan fingerprint density at radius 2 is 2.07 bits per heavy atom. The zero-order chi connectivity index (χ0) is 21.5. The molecule has 3 rings (SSSR count). The Morgan fingerprint density at radius 1 is 1.23 bits per heavy atom. The number of ether oxygens (including phenoxy) is 2. The molecule has 3 aromatic rings. The highest BCUT2D eigenvalue weighted by molar-refractivity contribution is 6.31. The van der Waals surface area contributed by atoms with Crippen LogP contribution in [0.15, 0.2) is 58.2 Å². The van der Waals surface area contributed by atoms with Crippen molar-refractivity contribution >= 4 is 23.7 Å². The molecule has 0 unspecified atom stereocenters. The minimum absolute atomic E-state index is 0.0425. The van der Waals surface area contributed by atoms with E-state index < -0.39 is 5.82 Å². The zero-order valence-electron chi connectivity index (χ0n) is 16.4. The highest BCUT2D eigenvalue weighted by Crippen LogP contribution is 2.30. The van der Waals surface area contributed by atoms with Crippen LogP contribution in [0.1, 0.15) is 34.2 Å². The predicted molar refractivity (Wildman–Crippen MR) is 112 cm³/mol. The van der Waals surface area contributed by atoms with Gasteiger partial charge >= 0.3 is 0 Å². The van der Waals surface area contributed by atoms with Crippen molar-refractivity contribution in [2.24, 2.45) is 5.10 Å². The molecule has 0 atom stereocenters. The van der Waals surface area contributed by atoms with Gasteiger partial charge in [-0.1, -0.05) is 17.7 Å². The minimum atomic E-state index is -0.437. The largest absolute Gasteiger partial charge is 0.490 e. The van der Waals surface area contributed by atoms with Crippen LogP contribution in [-0.2, 0) is 6.61 Å². The molecule has 0 aliphatic heterocycles. The summed E-state index contributed by atoms with van der Waals surface area (Å²) in [7, 11) is 0. The third-order valence-electron chi connectivity index (χ3n) is 4.18. The summed E-state index contributed by atoms with van der Waals surface area (Å²) in [6, 6.07) is 11.2. The molecule has 0 saturated carbocycles. The lowest BCUT2D eigenvalue weighted by Gasteiger charge is -2.13. The molecule has 0 aliphatic rings. The van der Waals surface area contributed by atoms with Crippen molar-refractivity contribution in [2.45, 2.75) is 20.5 Å². The van der Waals surface area contributed by atoms with Crippen molar-refractivity contribution in [1.82, 2.24) is 5.43 Å². The molecule has 0 bridgehead atoms. The van der Waals surface area contributed by atoms with Crippen LogP contribution in [0, 0.1) is 12.7 Å². The summed E-state index contributed by atoms with van der Waals surface area (Å²) >= 11 is 6.04. The van der Waals surface area contributed by atoms with Crippen LogP contribution in [0.3, 0.4) is 0 Å². The van der Waals surface area contributed by atoms with Crippen LogP contribution in [0.2, 0.25) is 5.02 Å². The fraction of sp³-hybridized carbons (Fsp3) is 0.182. The number of aryl methyl sites for hydroxylation is 1. The van der Waals surface area contributed by atoms with Gasteiger partial charge in [0.25, 0.3) is 5.91 Å². The van der Waals surface area contributed by atoms with Gasteiger partial charge in [-0.25, -0.2) is 9.82 Å². The van der Waals surface area contributed by atoms with Gasteiger partial charge in [-0.15, -0.1) is 0 Å². The van der Waals surface area contributed by atoms with Gasteiger partial charge in [0.2, 0.25) is 0 Å². The second-order valence-electron chi connectivity index (χ2n) is 6.22. The van der Waals surface area contributed by atoms with Crippen LogP contribution < -0.4 is 14.9 Å². The second-order valence-corrected chi connectivity index (χ2v) is 6.62. The van der Waals surface area contributed by atoms with E-state index in [1.807, 2.05) is 6.92 Å². The summed E-state index contributed by atoms with van der Waals surface area (Å²) in [4.78, 5) is 12.0. The third kappa shape index (κ3) is 5.18. The number of furan rings is 1. The normalized spacial score (nSPS) is 10.9. The maximum absolute atomic E-state index is 13.9. The number of carbonyl (C=O) groups excluding carboxylic acids is 1. The Labute approximate surface area is 178 Å². The van der Waals surface area contributed by atoms with E-state index in [4.69, 9.17) is 25.5 Å². The molecule has 8 heteroatoms. The van der Waals surface area contributed by atoms with Crippen LogP contribution in [0.25, 0.3) is 0 Å². The van der Waals surface area contributed by atoms with Crippen molar-refractivity contribution in [2.75, 3.05) is 6.61 Å². The molecular weight excluding hydrogens is 411 g/mol. The van der Waals surface area contributed by atoms with Gasteiger partial charge < -0.3 is 13.9 Å². The summed E-state index contributed by atoms with van der Waals surface area (Å²) < 4.78 is 30.4. The van der Waals surface area contributed by atoms with Gasteiger partial charge in [-0.3, -0.25) is 4.79 Å². The average molecular weight is 431 g/mol. The van der Waals surface area contributed by atoms with Crippen molar-refractivity contribution in [3.8, 4) is 11.5 Å². The summed E-state index contributed by atoms with van der Waals surface area (Å²) in [5, 5.41) is 4.25. The lowest BCUT2D eigenvalue weighted by Crippen LogP contribution is -2.17. The molecule has 6 nitrogen and oxygen atoms in total. The maximum atomic E-state index is 13.9. The second kappa shape index (κ2) is 9.93. The number of hydrogen-bond donors (Lipinski definition) is 1. The predicted octanol–water partition coefficient (Wildman–Crippen LogP) is 5.12. The van der Waals surface area contributed by atoms with Crippen molar-refractivity contribution in [3.05, 3.63) is 82.0 Å². The first-order chi connectivity index (χ1) is 14.5. The molecule has 0 spiro atoms. The molecule has 1 heterocycles. The number of hydrazone groups is 1. The minimum Gasteiger partial charge on any atom is -0.490 e. The van der Waals surface area contributed by atoms with E-state index >= 15 is 0 Å². The topological polar surface area (TPSA) is 73.1 Å². The number of rotatable bonds is 8. The summed E-state index contributed by atoms with van der Waals surface area (Å²) in [5.74, 6) is 0.604. The van der Waals surface area contributed by atoms with Crippen LogP contribution in [0.4, 0.5) is 4.39 Å². The van der Waals surface area contributed by atoms with Gasteiger partial charge in [0.15, 0.2) is 11.5 Å². The summed E-state index contributed by atoms with van der Waals surface area (Å²) in [5.41, 5.74) is 3.80. The SMILES string of the molecule is CCOc1cc(/C=N/NC(=O)c2ccoc2C)ccc1OCc1c(F)cccc1Cl. The lowest BCUT2D eigenvalue weighted by molar-refractivity contribution is 0.0953. The average Bonchev–Trinajstić information content (AvgIpc) is 3.15. The van der Waals surface area contributed by atoms with Crippen LogP contribution in [0.5, 0.6) is 11.5 Å². The number of carbonyl (C=O) groups is 1. The number of amides is 1. The first-order valence-electron chi connectivity index (χ1n) is 9.19. The Bertz CT molecular complexity index is 1040. The number of benzene rings is 2. The molecular formula is C22H20ClFN2O4. The van der Waals surface area contributed by atoms with Crippen molar-refractivity contribution in [1.29, 1.82) is 0 Å². The summed E-state index contributed by atoms with van der Waals surface area (Å²) in [6.07, 6.45) is 2.92. The quantitative estimate of drug-likeness (QED) is 0.397. The monoisotopic (exact) mass is 430 g/mol. The molecule has 0 radical (unpaired) electrons. The molecule has 30 heavy (non-hydrogen) atoms. The fourth-order valence-corrected chi connectivity index (χ4v) is 2.88. The molecule has 1 N–H and O–H groups in total. The zero-order valence-corrected chi connectivity index (χ0v) is 17.2. The van der Waals surface area contributed by atoms with E-state index in [0.717, 1.165) is 0 Å². The van der Waals surface area contributed by atoms with Crippen molar-refractivity contribution in [3.63, 3.8) is 0 Å². The Kier molecular flexibility index (Phi) is 7.08. The Balaban J connectivity index is 1.70. The molecule has 0 saturated heterocycles. The number of nitrogens with one attached hydrogen (secondary N) is 1. The van der Waals surface area contributed by atoms with Gasteiger partial charge in [0.1, 0.15) is 18.2 Å². The van der Waals surface area contributed by atoms with Gasteiger partial charge in [-0.05, 0) is 55.8 Å². The van der Waals surface area contributed by atoms with E-state index in [1.165, 1.54) is 24.6 Å². The fourth-order valence-electron chi connectivity index (χ4n) is 2.66. The molecule has 2 aromatic carbocycles. The van der Waals surface area contributed by atoms with Gasteiger partial charge in [0.05, 0.1) is 29.7 Å². The Morgan fingerprint density at radius 3 is 2.77 bits per heavy atom. The lowest BCUT2D eigenvalue weighted by atomic mass is 10.2. The van der Waals surface area contributed by atoms with E-state index in [1.54, 1.807) is 37.3 Å². The van der Waals surface area contributed by atoms with Crippen LogP contribution >= 0.6 is 11.6 Å². The smallest absolute Gasteiger partial charge is 0.274 e. The third-order valence-corrected chi connectivity index (χ3v) is 4.54.